The van der Waals surface area contributed by atoms with Gasteiger partial charge in [-0.1, -0.05) is 32.0 Å². The Kier molecular flexibility index (Phi) is 1.97. The number of carbonyl (C=O) groups is 2. The van der Waals surface area contributed by atoms with Crippen LogP contribution in [0.15, 0.2) is 18.2 Å². The molecule has 1 amide bonds. The van der Waals surface area contributed by atoms with E-state index in [2.05, 4.69) is 19.9 Å². The van der Waals surface area contributed by atoms with Crippen LogP contribution in [-0.2, 0) is 21.4 Å². The van der Waals surface area contributed by atoms with Crippen LogP contribution in [0.3, 0.4) is 0 Å². The summed E-state index contributed by atoms with van der Waals surface area (Å²) in [6.07, 6.45) is 1.16. The summed E-state index contributed by atoms with van der Waals surface area (Å²) in [6.45, 7) is 5.04. The summed E-state index contributed by atoms with van der Waals surface area (Å²) in [5.74, 6) is -0.616. The Morgan fingerprint density at radius 1 is 1.24 bits per heavy atom. The average molecular weight is 229 g/mol. The van der Waals surface area contributed by atoms with Gasteiger partial charge in [-0.2, -0.15) is 0 Å². The van der Waals surface area contributed by atoms with Gasteiger partial charge in [0.2, 0.25) is 5.78 Å². The fourth-order valence-corrected chi connectivity index (χ4v) is 2.84. The second-order valence-electron chi connectivity index (χ2n) is 5.50. The summed E-state index contributed by atoms with van der Waals surface area (Å²) in [5.41, 5.74) is 3.28. The van der Waals surface area contributed by atoms with Gasteiger partial charge in [-0.3, -0.25) is 9.59 Å². The lowest BCUT2D eigenvalue weighted by atomic mass is 9.75. The molecule has 0 N–H and O–H groups in total. The second-order valence-corrected chi connectivity index (χ2v) is 5.50. The molecule has 0 aromatic heterocycles. The van der Waals surface area contributed by atoms with Gasteiger partial charge in [-0.05, 0) is 23.0 Å². The Bertz CT molecular complexity index is 531. The third-order valence-corrected chi connectivity index (χ3v) is 3.91. The quantitative estimate of drug-likeness (QED) is 0.636. The first-order valence-corrected chi connectivity index (χ1v) is 5.98. The van der Waals surface area contributed by atoms with Crippen LogP contribution in [-0.4, -0.2) is 18.2 Å². The van der Waals surface area contributed by atoms with E-state index >= 15 is 0 Å². The SMILES string of the molecule is CC1(C)CCN2C(=O)C(=O)Cc3cccc1c32. The van der Waals surface area contributed by atoms with Crippen LogP contribution in [0.4, 0.5) is 5.69 Å². The predicted molar refractivity (Wildman–Crippen MR) is 65.1 cm³/mol. The van der Waals surface area contributed by atoms with Gasteiger partial charge in [0.05, 0.1) is 5.69 Å². The highest BCUT2D eigenvalue weighted by Gasteiger charge is 2.40. The van der Waals surface area contributed by atoms with Gasteiger partial charge in [0, 0.05) is 13.0 Å². The standard InChI is InChI=1S/C14H15NO2/c1-14(2)6-7-15-12-9(4-3-5-10(12)14)8-11(16)13(15)17/h3-5H,6-8H2,1-2H3. The summed E-state index contributed by atoms with van der Waals surface area (Å²) >= 11 is 0. The fourth-order valence-electron chi connectivity index (χ4n) is 2.84. The molecule has 3 rings (SSSR count). The first-order valence-electron chi connectivity index (χ1n) is 5.98. The number of hydrogen-bond donors (Lipinski definition) is 0. The summed E-state index contributed by atoms with van der Waals surface area (Å²) in [6, 6.07) is 6.02. The van der Waals surface area contributed by atoms with Crippen molar-refractivity contribution in [2.24, 2.45) is 0 Å². The number of rotatable bonds is 0. The number of nitrogens with zero attached hydrogens (tertiary/aromatic N) is 1. The minimum Gasteiger partial charge on any atom is -0.305 e. The maximum Gasteiger partial charge on any atom is 0.294 e. The minimum atomic E-state index is -0.333. The van der Waals surface area contributed by atoms with Gasteiger partial charge >= 0.3 is 0 Å². The summed E-state index contributed by atoms with van der Waals surface area (Å²) in [4.78, 5) is 25.2. The molecular weight excluding hydrogens is 214 g/mol. The van der Waals surface area contributed by atoms with E-state index in [1.54, 1.807) is 4.90 Å². The zero-order valence-electron chi connectivity index (χ0n) is 10.1. The molecule has 0 saturated heterocycles. The van der Waals surface area contributed by atoms with Crippen LogP contribution < -0.4 is 4.90 Å². The molecule has 1 aromatic carbocycles. The van der Waals surface area contributed by atoms with Crippen molar-refractivity contribution in [3.05, 3.63) is 29.3 Å². The summed E-state index contributed by atoms with van der Waals surface area (Å²) in [7, 11) is 0. The molecule has 1 aromatic rings. The number of hydrogen-bond acceptors (Lipinski definition) is 2. The molecule has 17 heavy (non-hydrogen) atoms. The first kappa shape index (κ1) is 10.5. The predicted octanol–water partition coefficient (Wildman–Crippen LogP) is 1.83. The van der Waals surface area contributed by atoms with Gasteiger partial charge < -0.3 is 4.90 Å². The van der Waals surface area contributed by atoms with E-state index < -0.39 is 0 Å². The Balaban J connectivity index is 2.27. The molecular formula is C14H15NO2. The van der Waals surface area contributed by atoms with Crippen LogP contribution in [0.1, 0.15) is 31.4 Å². The maximum atomic E-state index is 11.9. The van der Waals surface area contributed by atoms with E-state index in [-0.39, 0.29) is 23.5 Å². The molecule has 0 fully saturated rings. The van der Waals surface area contributed by atoms with E-state index in [4.69, 9.17) is 0 Å². The number of para-hydroxylation sites is 1. The van der Waals surface area contributed by atoms with Crippen molar-refractivity contribution < 1.29 is 9.59 Å². The molecule has 0 spiro atoms. The Hall–Kier alpha value is -1.64. The van der Waals surface area contributed by atoms with Crippen molar-refractivity contribution in [2.75, 3.05) is 11.4 Å². The topological polar surface area (TPSA) is 37.4 Å². The molecule has 3 nitrogen and oxygen atoms in total. The fraction of sp³-hybridized carbons (Fsp3) is 0.429. The van der Waals surface area contributed by atoms with Gasteiger partial charge in [-0.25, -0.2) is 0 Å². The van der Waals surface area contributed by atoms with Crippen molar-refractivity contribution in [2.45, 2.75) is 32.1 Å². The molecule has 0 bridgehead atoms. The van der Waals surface area contributed by atoms with Crippen LogP contribution in [0.2, 0.25) is 0 Å². The number of benzene rings is 1. The van der Waals surface area contributed by atoms with E-state index in [1.807, 2.05) is 12.1 Å². The highest BCUT2D eigenvalue weighted by molar-refractivity contribution is 6.43. The highest BCUT2D eigenvalue weighted by atomic mass is 16.2. The molecule has 2 aliphatic rings. The van der Waals surface area contributed by atoms with Gasteiger partial charge in [0.25, 0.3) is 5.91 Å². The monoisotopic (exact) mass is 229 g/mol. The largest absolute Gasteiger partial charge is 0.305 e. The van der Waals surface area contributed by atoms with Gasteiger partial charge in [-0.15, -0.1) is 0 Å². The van der Waals surface area contributed by atoms with Crippen LogP contribution >= 0.6 is 0 Å². The number of carbonyl (C=O) groups excluding carboxylic acids is 2. The van der Waals surface area contributed by atoms with Crippen molar-refractivity contribution in [1.29, 1.82) is 0 Å². The number of amides is 1. The molecule has 0 radical (unpaired) electrons. The number of ketones is 1. The minimum absolute atomic E-state index is 0.0858. The lowest BCUT2D eigenvalue weighted by Gasteiger charge is -2.41. The molecule has 0 aliphatic carbocycles. The highest BCUT2D eigenvalue weighted by Crippen LogP contribution is 2.43. The lowest BCUT2D eigenvalue weighted by Crippen LogP contribution is -2.47. The van der Waals surface area contributed by atoms with Crippen molar-refractivity contribution in [1.82, 2.24) is 0 Å². The van der Waals surface area contributed by atoms with Crippen LogP contribution in [0, 0.1) is 0 Å². The van der Waals surface area contributed by atoms with Gasteiger partial charge in [0.1, 0.15) is 0 Å². The van der Waals surface area contributed by atoms with Crippen molar-refractivity contribution in [3.63, 3.8) is 0 Å². The molecule has 0 unspecified atom stereocenters. The normalized spacial score (nSPS) is 21.4. The smallest absolute Gasteiger partial charge is 0.294 e. The summed E-state index contributed by atoms with van der Waals surface area (Å²) < 4.78 is 0. The average Bonchev–Trinajstić information content (AvgIpc) is 2.28. The molecule has 0 saturated carbocycles. The molecule has 0 atom stereocenters. The van der Waals surface area contributed by atoms with Crippen molar-refractivity contribution in [3.8, 4) is 0 Å². The third-order valence-electron chi connectivity index (χ3n) is 3.91. The van der Waals surface area contributed by atoms with E-state index in [0.717, 1.165) is 17.7 Å². The lowest BCUT2D eigenvalue weighted by molar-refractivity contribution is -0.136. The second kappa shape index (κ2) is 3.19. The number of anilines is 1. The molecule has 2 heterocycles. The summed E-state index contributed by atoms with van der Waals surface area (Å²) in [5, 5.41) is 0. The Morgan fingerprint density at radius 3 is 2.76 bits per heavy atom. The molecule has 2 aliphatic heterocycles. The Labute approximate surface area is 100 Å². The van der Waals surface area contributed by atoms with E-state index in [9.17, 15) is 9.59 Å². The van der Waals surface area contributed by atoms with Crippen LogP contribution in [0.5, 0.6) is 0 Å². The van der Waals surface area contributed by atoms with Crippen molar-refractivity contribution >= 4 is 17.4 Å². The maximum absolute atomic E-state index is 11.9. The third kappa shape index (κ3) is 1.35. The Morgan fingerprint density at radius 2 is 2.00 bits per heavy atom. The van der Waals surface area contributed by atoms with Gasteiger partial charge in [0.15, 0.2) is 0 Å². The zero-order valence-corrected chi connectivity index (χ0v) is 10.1. The molecule has 88 valence electrons. The van der Waals surface area contributed by atoms with Crippen LogP contribution in [0.25, 0.3) is 0 Å². The first-order chi connectivity index (χ1) is 8.00. The molecule has 3 heteroatoms. The number of Topliss-reactive ketones (excluding diaryl/α,β-unsaturated/α-hetero) is 1. The van der Waals surface area contributed by atoms with E-state index in [1.165, 1.54) is 5.56 Å². The zero-order chi connectivity index (χ0) is 12.2. The van der Waals surface area contributed by atoms with E-state index in [0.29, 0.717) is 6.54 Å².